The van der Waals surface area contributed by atoms with Crippen LogP contribution in [0.4, 0.5) is 111 Å². The summed E-state index contributed by atoms with van der Waals surface area (Å²) in [5, 5.41) is 28.3. The van der Waals surface area contributed by atoms with Crippen LogP contribution in [0.5, 0.6) is 11.5 Å². The number of benzene rings is 6. The zero-order valence-electron chi connectivity index (χ0n) is 74.6. The number of rotatable bonds is 24. The number of nitrogens with zero attached hydrogens (tertiary/aromatic N) is 9. The summed E-state index contributed by atoms with van der Waals surface area (Å²) < 4.78 is 272. The number of hydrogen-bond donors (Lipinski definition) is 3. The number of pyridine rings is 3. The summed E-state index contributed by atoms with van der Waals surface area (Å²) in [7, 11) is 3.00. The quantitative estimate of drug-likeness (QED) is 0.0375. The van der Waals surface area contributed by atoms with E-state index in [-0.39, 0.29) is 68.4 Å². The molecular weight excluding hydrogens is 1890 g/mol. The summed E-state index contributed by atoms with van der Waals surface area (Å²) in [6, 6.07) is 27.7. The number of cyclic esters (lactones) is 3. The molecule has 42 heteroatoms. The molecule has 740 valence electrons. The molecule has 6 aliphatic heterocycles. The highest BCUT2D eigenvalue weighted by Gasteiger charge is 2.50. The van der Waals surface area contributed by atoms with Gasteiger partial charge >= 0.3 is 73.2 Å². The Hall–Kier alpha value is -13.0. The topological polar surface area (TPSA) is 267 Å². The van der Waals surface area contributed by atoms with Crippen LogP contribution in [0.2, 0.25) is 5.02 Å². The number of ether oxygens (including phenoxy) is 5. The molecule has 2 aliphatic carbocycles. The molecule has 9 aromatic rings. The van der Waals surface area contributed by atoms with Crippen LogP contribution in [0.1, 0.15) is 193 Å². The van der Waals surface area contributed by atoms with Gasteiger partial charge in [-0.1, -0.05) is 29.8 Å². The van der Waals surface area contributed by atoms with Crippen molar-refractivity contribution >= 4 is 65.2 Å². The van der Waals surface area contributed by atoms with Gasteiger partial charge in [-0.25, -0.2) is 29.3 Å². The first-order valence-electron chi connectivity index (χ1n) is 44.3. The molecule has 139 heavy (non-hydrogen) atoms. The van der Waals surface area contributed by atoms with Gasteiger partial charge in [-0.3, -0.25) is 29.1 Å². The number of anilines is 3. The van der Waals surface area contributed by atoms with Crippen LogP contribution in [0.3, 0.4) is 0 Å². The van der Waals surface area contributed by atoms with E-state index in [0.717, 1.165) is 69.7 Å². The highest BCUT2D eigenvalue weighted by molar-refractivity contribution is 6.33. The number of hydrogen-bond acceptors (Lipinski definition) is 17. The van der Waals surface area contributed by atoms with Gasteiger partial charge < -0.3 is 53.7 Å². The molecule has 3 N–H and O–H groups in total. The Balaban J connectivity index is 0.000000158. The Morgan fingerprint density at radius 3 is 1.02 bits per heavy atom. The van der Waals surface area contributed by atoms with Gasteiger partial charge in [-0.15, -0.1) is 0 Å². The van der Waals surface area contributed by atoms with Gasteiger partial charge in [-0.2, -0.15) is 79.0 Å². The van der Waals surface area contributed by atoms with Crippen LogP contribution in [0, 0.1) is 11.8 Å². The molecular formula is C97H90ClF18N9O14. The van der Waals surface area contributed by atoms with Crippen LogP contribution in [-0.4, -0.2) is 153 Å². The average Bonchev–Trinajstić information content (AvgIpc) is 1.49. The van der Waals surface area contributed by atoms with E-state index >= 15 is 0 Å². The first kappa shape index (κ1) is 100. The molecule has 9 heterocycles. The van der Waals surface area contributed by atoms with Gasteiger partial charge in [0.25, 0.3) is 0 Å². The lowest BCUT2D eigenvalue weighted by atomic mass is 9.78. The van der Waals surface area contributed by atoms with Gasteiger partial charge in [0.05, 0.1) is 114 Å². The largest absolute Gasteiger partial charge is 0.496 e. The minimum Gasteiger partial charge on any atom is -0.496 e. The number of carboxylic acid groups (broad SMARTS) is 3. The van der Waals surface area contributed by atoms with E-state index in [2.05, 4.69) is 4.90 Å². The molecule has 3 aromatic heterocycles. The van der Waals surface area contributed by atoms with E-state index in [0.29, 0.717) is 159 Å². The third-order valence-electron chi connectivity index (χ3n) is 26.4. The minimum absolute atomic E-state index is 0.0223. The summed E-state index contributed by atoms with van der Waals surface area (Å²) in [6.45, 7) is 8.60. The van der Waals surface area contributed by atoms with Crippen LogP contribution >= 0.6 is 11.6 Å². The second-order valence-electron chi connectivity index (χ2n) is 35.4. The SMILES string of the molecule is COc1ccc(C2CCC(C(=O)O)CC2)cc1-c1ccc(N2CCC2)nc1CN1C(=O)O[C@H](c2cc(C(F)(F)F)cc(C(F)(F)F)c2)[C@@H]1C.COc1ccc([C@@H]2C[C@H]2C(=O)O)cc1-c1ccc(N2CCC2)nc1CN1C(=O)O[C@H](c2cc(C(F)(F)F)cc(C(F)(F)F)c2)[C@@H]1C.C[C@H]1[C@@H](c2cc(C(F)(F)F)cc(C(F)(F)F)c2)OC(=O)N1Cc1nc(N2CCC2)ccc1-c1cc(CCC(=O)O)ccc1Cl. The monoisotopic (exact) mass is 1980 g/mol. The normalized spacial score (nSPS) is 21.6. The molecule has 8 atom stereocenters. The standard InChI is InChI=1S/C35H35F6N3O5.C32H29F6N3O5.C30H26ClF6N3O4/c1-19-31(23-14-24(34(36,37)38)17-25(15-23)35(39,40)41)49-33(47)44(19)18-28-26(9-11-30(42-28)43-12-3-13-43)27-16-22(8-10-29(27)48-2)20-4-6-21(7-5-20)32(45)46;1-16-28(18-10-19(31(33,34)35)13-20(11-18)32(36,37)38)46-30(44)41(16)15-25-21(5-7-27(39-25)40-8-3-9-40)23-12-17(4-6-26(23)45-2)22-14-24(22)29(42)43;1-16-27(18-12-19(29(32,33)34)14-20(13-18)30(35,36)37)44-28(43)40(16)15-24-21(5-7-25(38-24)39-9-2-10-39)22-11-17(3-6-23(22)31)4-8-26(41)42/h8-11,14-17,19-21,31H,3-7,12-13,18H2,1-2H3,(H,45,46);4-7,10-13,16,22,24,28H,3,8-9,14-15H2,1-2H3,(H,42,43);3,5-7,11-14,16,27H,2,4,8-10,15H2,1H3,(H,41,42)/t19-,20?,21?,31-;16-,22-,24+,28-;16-,27-/m000/s1. The summed E-state index contributed by atoms with van der Waals surface area (Å²) in [5.74, 6) is -0.660. The van der Waals surface area contributed by atoms with Crippen molar-refractivity contribution in [3.05, 3.63) is 234 Å². The third kappa shape index (κ3) is 22.2. The molecule has 0 radical (unpaired) electrons. The van der Waals surface area contributed by atoms with Crippen molar-refractivity contribution in [2.45, 2.75) is 190 Å². The van der Waals surface area contributed by atoms with Crippen molar-refractivity contribution in [1.82, 2.24) is 29.7 Å². The predicted molar refractivity (Wildman–Crippen MR) is 466 cm³/mol. The van der Waals surface area contributed by atoms with Gasteiger partial charge in [-0.05, 0) is 251 Å². The lowest BCUT2D eigenvalue weighted by molar-refractivity contribution is -0.144. The molecule has 8 aliphatic rings. The smallest absolute Gasteiger partial charge is 0.416 e. The highest BCUT2D eigenvalue weighted by atomic mass is 35.5. The van der Waals surface area contributed by atoms with Crippen LogP contribution in [0.15, 0.2) is 146 Å². The van der Waals surface area contributed by atoms with E-state index in [1.807, 2.05) is 58.3 Å². The Morgan fingerprint density at radius 2 is 0.727 bits per heavy atom. The number of amides is 3. The molecule has 0 unspecified atom stereocenters. The van der Waals surface area contributed by atoms with Crippen molar-refractivity contribution in [1.29, 1.82) is 0 Å². The van der Waals surface area contributed by atoms with Crippen molar-refractivity contribution in [2.24, 2.45) is 11.8 Å². The second kappa shape index (κ2) is 39.4. The lowest BCUT2D eigenvalue weighted by Crippen LogP contribution is -2.38. The van der Waals surface area contributed by atoms with Crippen molar-refractivity contribution < 1.29 is 147 Å². The first-order chi connectivity index (χ1) is 65.4. The van der Waals surface area contributed by atoms with Crippen molar-refractivity contribution in [3.63, 3.8) is 0 Å². The van der Waals surface area contributed by atoms with Gasteiger partial charge in [0.1, 0.15) is 47.3 Å². The molecule has 0 bridgehead atoms. The summed E-state index contributed by atoms with van der Waals surface area (Å²) in [5.41, 5.74) is -3.06. The van der Waals surface area contributed by atoms with E-state index in [9.17, 15) is 118 Å². The molecule has 6 aromatic carbocycles. The number of carbonyl (C=O) groups excluding carboxylic acids is 3. The van der Waals surface area contributed by atoms with Crippen LogP contribution in [-0.2, 0) is 91.7 Å². The summed E-state index contributed by atoms with van der Waals surface area (Å²) in [6.07, 6.45) is -31.3. The molecule has 6 saturated heterocycles. The predicted octanol–water partition coefficient (Wildman–Crippen LogP) is 23.5. The van der Waals surface area contributed by atoms with Crippen molar-refractivity contribution in [3.8, 4) is 44.9 Å². The number of alkyl halides is 18. The second-order valence-corrected chi connectivity index (χ2v) is 35.8. The Labute approximate surface area is 787 Å². The summed E-state index contributed by atoms with van der Waals surface area (Å²) in [4.78, 5) is 98.0. The van der Waals surface area contributed by atoms with Gasteiger partial charge in [0, 0.05) is 84.1 Å². The maximum Gasteiger partial charge on any atom is 0.416 e. The molecule has 23 nitrogen and oxygen atoms in total. The number of methoxy groups -OCH3 is 2. The Bertz CT molecular complexity index is 6080. The minimum atomic E-state index is -5.06. The number of carbonyl (C=O) groups is 6. The van der Waals surface area contributed by atoms with Gasteiger partial charge in [0.15, 0.2) is 0 Å². The summed E-state index contributed by atoms with van der Waals surface area (Å²) >= 11 is 6.54. The van der Waals surface area contributed by atoms with E-state index in [1.165, 1.54) is 49.7 Å². The van der Waals surface area contributed by atoms with Crippen molar-refractivity contribution in [2.75, 3.05) is 68.2 Å². The number of aryl methyl sites for hydroxylation is 1. The number of aliphatic carboxylic acids is 3. The van der Waals surface area contributed by atoms with E-state index in [4.69, 9.17) is 55.3 Å². The van der Waals surface area contributed by atoms with E-state index < -0.39 is 166 Å². The molecule has 2 saturated carbocycles. The zero-order valence-corrected chi connectivity index (χ0v) is 75.4. The average molecular weight is 1980 g/mol. The fourth-order valence-electron chi connectivity index (χ4n) is 18.2. The highest BCUT2D eigenvalue weighted by Crippen LogP contribution is 2.53. The maximum absolute atomic E-state index is 13.6. The van der Waals surface area contributed by atoms with Gasteiger partial charge in [0.2, 0.25) is 0 Å². The third-order valence-corrected chi connectivity index (χ3v) is 26.8. The molecule has 8 fully saturated rings. The molecule has 17 rings (SSSR count). The fraction of sp³-hybridized carbons (Fsp3) is 0.412. The Kier molecular flexibility index (Phi) is 28.5. The maximum atomic E-state index is 13.6. The molecule has 0 spiro atoms. The van der Waals surface area contributed by atoms with E-state index in [1.54, 1.807) is 42.5 Å². The molecule has 3 amide bonds. The zero-order chi connectivity index (χ0) is 100. The lowest BCUT2D eigenvalue weighted by Gasteiger charge is -2.33. The Morgan fingerprint density at radius 1 is 0.396 bits per heavy atom. The van der Waals surface area contributed by atoms with Crippen LogP contribution < -0.4 is 24.2 Å². The first-order valence-corrected chi connectivity index (χ1v) is 44.7. The number of carboxylic acids is 3. The number of halogens is 19. The fourth-order valence-corrected chi connectivity index (χ4v) is 18.4. The number of aromatic nitrogens is 3. The van der Waals surface area contributed by atoms with Crippen LogP contribution in [0.25, 0.3) is 33.4 Å².